The molecule has 2 rings (SSSR count). The molecule has 2 N–H and O–H groups in total. The number of methoxy groups -OCH3 is 1. The van der Waals surface area contributed by atoms with Crippen LogP contribution in [-0.2, 0) is 11.2 Å². The number of carboxylic acids is 1. The maximum atomic E-state index is 11.0. The number of hydrogen-bond donors (Lipinski definition) is 2. The standard InChI is InChI=1S/C14H18N2O4/c1-3-13-15-11-6-9(14(18)19)4-5-12(11)16(13)10(7-17)8-20-2/h4-6,10,17H,3,7-8H2,1-2H3,(H,18,19). The smallest absolute Gasteiger partial charge is 0.335 e. The highest BCUT2D eigenvalue weighted by Crippen LogP contribution is 2.23. The lowest BCUT2D eigenvalue weighted by atomic mass is 10.2. The van der Waals surface area contributed by atoms with E-state index in [0.29, 0.717) is 18.5 Å². The van der Waals surface area contributed by atoms with Crippen LogP contribution in [0.25, 0.3) is 11.0 Å². The Labute approximate surface area is 116 Å². The van der Waals surface area contributed by atoms with E-state index >= 15 is 0 Å². The zero-order chi connectivity index (χ0) is 14.7. The summed E-state index contributed by atoms with van der Waals surface area (Å²) in [6, 6.07) is 4.59. The molecule has 0 radical (unpaired) electrons. The average Bonchev–Trinajstić information content (AvgIpc) is 2.82. The van der Waals surface area contributed by atoms with Crippen molar-refractivity contribution in [3.05, 3.63) is 29.6 Å². The molecule has 0 saturated carbocycles. The lowest BCUT2D eigenvalue weighted by molar-refractivity contribution is 0.0697. The average molecular weight is 278 g/mol. The van der Waals surface area contributed by atoms with Crippen molar-refractivity contribution < 1.29 is 19.7 Å². The number of hydrogen-bond acceptors (Lipinski definition) is 4. The largest absolute Gasteiger partial charge is 0.478 e. The van der Waals surface area contributed by atoms with Gasteiger partial charge >= 0.3 is 5.97 Å². The molecule has 20 heavy (non-hydrogen) atoms. The van der Waals surface area contributed by atoms with Gasteiger partial charge in [-0.3, -0.25) is 0 Å². The monoisotopic (exact) mass is 278 g/mol. The third-order valence-corrected chi connectivity index (χ3v) is 3.26. The Balaban J connectivity index is 2.60. The molecule has 0 amide bonds. The van der Waals surface area contributed by atoms with Gasteiger partial charge in [0.1, 0.15) is 5.82 Å². The molecule has 1 aromatic heterocycles. The Hall–Kier alpha value is -1.92. The molecule has 1 atom stereocenters. The number of aryl methyl sites for hydroxylation is 1. The summed E-state index contributed by atoms with van der Waals surface area (Å²) in [5.41, 5.74) is 1.64. The van der Waals surface area contributed by atoms with Gasteiger partial charge < -0.3 is 19.5 Å². The van der Waals surface area contributed by atoms with E-state index in [1.54, 1.807) is 25.3 Å². The van der Waals surface area contributed by atoms with Crippen LogP contribution in [0.2, 0.25) is 0 Å². The van der Waals surface area contributed by atoms with E-state index in [1.807, 2.05) is 11.5 Å². The van der Waals surface area contributed by atoms with Crippen molar-refractivity contribution in [2.45, 2.75) is 19.4 Å². The van der Waals surface area contributed by atoms with Crippen molar-refractivity contribution in [2.75, 3.05) is 20.3 Å². The van der Waals surface area contributed by atoms with Crippen molar-refractivity contribution in [1.29, 1.82) is 0 Å². The first kappa shape index (κ1) is 14.5. The van der Waals surface area contributed by atoms with Gasteiger partial charge in [-0.15, -0.1) is 0 Å². The number of aromatic carboxylic acids is 1. The Morgan fingerprint density at radius 3 is 2.80 bits per heavy atom. The molecule has 6 nitrogen and oxygen atoms in total. The number of aliphatic hydroxyl groups is 1. The second kappa shape index (κ2) is 6.02. The lowest BCUT2D eigenvalue weighted by Gasteiger charge is -2.18. The number of carboxylic acid groups (broad SMARTS) is 1. The summed E-state index contributed by atoms with van der Waals surface area (Å²) in [5, 5.41) is 18.6. The molecule has 0 fully saturated rings. The van der Waals surface area contributed by atoms with Gasteiger partial charge in [0.25, 0.3) is 0 Å². The van der Waals surface area contributed by atoms with E-state index in [1.165, 1.54) is 0 Å². The second-order valence-electron chi connectivity index (χ2n) is 4.55. The van der Waals surface area contributed by atoms with Gasteiger partial charge in [0.15, 0.2) is 0 Å². The first-order valence-electron chi connectivity index (χ1n) is 6.46. The van der Waals surface area contributed by atoms with Crippen molar-refractivity contribution in [1.82, 2.24) is 9.55 Å². The molecule has 0 saturated heterocycles. The number of nitrogens with zero attached hydrogens (tertiary/aromatic N) is 2. The van der Waals surface area contributed by atoms with E-state index < -0.39 is 5.97 Å². The van der Waals surface area contributed by atoms with Gasteiger partial charge in [-0.25, -0.2) is 9.78 Å². The quantitative estimate of drug-likeness (QED) is 0.836. The molecule has 1 unspecified atom stereocenters. The molecule has 6 heteroatoms. The van der Waals surface area contributed by atoms with Gasteiger partial charge in [-0.05, 0) is 18.2 Å². The fourth-order valence-electron chi connectivity index (χ4n) is 2.34. The molecule has 2 aromatic rings. The van der Waals surface area contributed by atoms with Gasteiger partial charge in [-0.2, -0.15) is 0 Å². The van der Waals surface area contributed by atoms with Crippen LogP contribution in [0, 0.1) is 0 Å². The van der Waals surface area contributed by atoms with E-state index in [0.717, 1.165) is 11.3 Å². The van der Waals surface area contributed by atoms with Crippen LogP contribution < -0.4 is 0 Å². The van der Waals surface area contributed by atoms with Crippen LogP contribution in [0.5, 0.6) is 0 Å². The Morgan fingerprint density at radius 1 is 1.50 bits per heavy atom. The van der Waals surface area contributed by atoms with E-state index in [-0.39, 0.29) is 18.2 Å². The van der Waals surface area contributed by atoms with Gasteiger partial charge in [0, 0.05) is 13.5 Å². The number of ether oxygens (including phenoxy) is 1. The van der Waals surface area contributed by atoms with Crippen molar-refractivity contribution in [3.63, 3.8) is 0 Å². The van der Waals surface area contributed by atoms with Crippen LogP contribution in [0.3, 0.4) is 0 Å². The van der Waals surface area contributed by atoms with Crippen molar-refractivity contribution >= 4 is 17.0 Å². The minimum absolute atomic E-state index is 0.0625. The second-order valence-corrected chi connectivity index (χ2v) is 4.55. The summed E-state index contributed by atoms with van der Waals surface area (Å²) >= 11 is 0. The van der Waals surface area contributed by atoms with Crippen LogP contribution in [0.15, 0.2) is 18.2 Å². The molecule has 0 bridgehead atoms. The molecule has 1 aromatic carbocycles. The van der Waals surface area contributed by atoms with E-state index in [9.17, 15) is 9.90 Å². The number of imidazole rings is 1. The maximum absolute atomic E-state index is 11.0. The lowest BCUT2D eigenvalue weighted by Crippen LogP contribution is -2.20. The number of benzene rings is 1. The maximum Gasteiger partial charge on any atom is 0.335 e. The fraction of sp³-hybridized carbons (Fsp3) is 0.429. The van der Waals surface area contributed by atoms with Crippen LogP contribution in [0.4, 0.5) is 0 Å². The highest BCUT2D eigenvalue weighted by atomic mass is 16.5. The Morgan fingerprint density at radius 2 is 2.25 bits per heavy atom. The minimum atomic E-state index is -0.977. The highest BCUT2D eigenvalue weighted by Gasteiger charge is 2.18. The number of rotatable bonds is 6. The number of fused-ring (bicyclic) bond motifs is 1. The third kappa shape index (κ3) is 2.52. The fourth-order valence-corrected chi connectivity index (χ4v) is 2.34. The summed E-state index contributed by atoms with van der Waals surface area (Å²) in [4.78, 5) is 15.5. The van der Waals surface area contributed by atoms with Crippen molar-refractivity contribution in [3.8, 4) is 0 Å². The minimum Gasteiger partial charge on any atom is -0.478 e. The molecule has 0 spiro atoms. The zero-order valence-corrected chi connectivity index (χ0v) is 11.5. The Kier molecular flexibility index (Phi) is 4.36. The SMILES string of the molecule is CCc1nc2cc(C(=O)O)ccc2n1C(CO)COC. The van der Waals surface area contributed by atoms with Crippen LogP contribution in [-0.4, -0.2) is 46.1 Å². The van der Waals surface area contributed by atoms with Gasteiger partial charge in [0.05, 0.1) is 35.9 Å². The zero-order valence-electron chi connectivity index (χ0n) is 11.5. The number of aromatic nitrogens is 2. The summed E-state index contributed by atoms with van der Waals surface area (Å²) in [7, 11) is 1.58. The summed E-state index contributed by atoms with van der Waals surface area (Å²) < 4.78 is 7.05. The first-order valence-corrected chi connectivity index (χ1v) is 6.46. The normalized spacial score (nSPS) is 12.8. The van der Waals surface area contributed by atoms with Crippen molar-refractivity contribution in [2.24, 2.45) is 0 Å². The van der Waals surface area contributed by atoms with Crippen LogP contribution >= 0.6 is 0 Å². The number of carbonyl (C=O) groups is 1. The summed E-state index contributed by atoms with van der Waals surface area (Å²) in [6.07, 6.45) is 0.692. The van der Waals surface area contributed by atoms with Crippen LogP contribution in [0.1, 0.15) is 29.1 Å². The number of aliphatic hydroxyl groups excluding tert-OH is 1. The molecular weight excluding hydrogens is 260 g/mol. The van der Waals surface area contributed by atoms with Gasteiger partial charge in [0.2, 0.25) is 0 Å². The summed E-state index contributed by atoms with van der Waals surface area (Å²) in [6.45, 7) is 2.28. The predicted molar refractivity (Wildman–Crippen MR) is 74.1 cm³/mol. The topological polar surface area (TPSA) is 84.6 Å². The third-order valence-electron chi connectivity index (χ3n) is 3.26. The predicted octanol–water partition coefficient (Wildman–Crippen LogP) is 1.48. The molecule has 0 aliphatic rings. The molecule has 108 valence electrons. The molecule has 0 aliphatic heterocycles. The first-order chi connectivity index (χ1) is 9.62. The van der Waals surface area contributed by atoms with E-state index in [4.69, 9.17) is 9.84 Å². The molecular formula is C14H18N2O4. The Bertz CT molecular complexity index is 621. The molecule has 0 aliphatic carbocycles. The van der Waals surface area contributed by atoms with E-state index in [2.05, 4.69) is 4.98 Å². The highest BCUT2D eigenvalue weighted by molar-refractivity contribution is 5.92. The summed E-state index contributed by atoms with van der Waals surface area (Å²) in [5.74, 6) is -0.172. The van der Waals surface area contributed by atoms with Gasteiger partial charge in [-0.1, -0.05) is 6.92 Å². The molecule has 1 heterocycles.